The van der Waals surface area contributed by atoms with Crippen LogP contribution in [0.5, 0.6) is 5.75 Å². The smallest absolute Gasteiger partial charge is 0.265 e. The van der Waals surface area contributed by atoms with Crippen LogP contribution < -0.4 is 10.2 Å². The molecule has 0 aromatic heterocycles. The molecule has 1 saturated heterocycles. The van der Waals surface area contributed by atoms with Crippen molar-refractivity contribution in [3.63, 3.8) is 0 Å². The molecule has 1 heterocycles. The van der Waals surface area contributed by atoms with E-state index in [2.05, 4.69) is 18.2 Å². The fourth-order valence-corrected chi connectivity index (χ4v) is 7.11. The number of carbonyl (C=O) groups is 1. The third-order valence-electron chi connectivity index (χ3n) is 7.42. The second-order valence-corrected chi connectivity index (χ2v) is 12.6. The Morgan fingerprint density at radius 2 is 1.70 bits per heavy atom. The Balaban J connectivity index is 1.35. The molecular formula is C30H35ClN2O6S. The quantitative estimate of drug-likeness (QED) is 0.179. The van der Waals surface area contributed by atoms with Crippen LogP contribution in [-0.4, -0.2) is 69.1 Å². The van der Waals surface area contributed by atoms with Crippen LogP contribution in [0.2, 0.25) is 5.02 Å². The van der Waals surface area contributed by atoms with Crippen molar-refractivity contribution in [3.8, 4) is 16.9 Å². The van der Waals surface area contributed by atoms with E-state index < -0.39 is 20.5 Å². The Kier molecular flexibility index (Phi) is 10.2. The van der Waals surface area contributed by atoms with Crippen molar-refractivity contribution in [3.05, 3.63) is 83.4 Å². The lowest BCUT2D eigenvalue weighted by Crippen LogP contribution is -2.57. The average Bonchev–Trinajstić information content (AvgIpc) is 2.98. The van der Waals surface area contributed by atoms with Crippen LogP contribution in [0.3, 0.4) is 0 Å². The van der Waals surface area contributed by atoms with Crippen molar-refractivity contribution < 1.29 is 27.9 Å². The second kappa shape index (κ2) is 13.6. The van der Waals surface area contributed by atoms with Gasteiger partial charge in [-0.1, -0.05) is 48.0 Å². The zero-order valence-corrected chi connectivity index (χ0v) is 24.1. The standard InChI is InChI=1S/C30H35ClN2O6S/c1-38-21-19-33-17-15-30(16-18-33,29(34)32-35)40(36,37)28-13-11-27(12-14-28)39-20-3-5-23-4-2-6-25(22-23)24-7-9-26(31)10-8-24/h2,4,6-14,22,35H,3,5,15-21H2,1H3,(H,32,34). The molecule has 214 valence electrons. The van der Waals surface area contributed by atoms with Crippen LogP contribution in [0.15, 0.2) is 77.7 Å². The summed E-state index contributed by atoms with van der Waals surface area (Å²) < 4.78 is 36.5. The molecule has 1 aliphatic heterocycles. The Morgan fingerprint density at radius 1 is 1.00 bits per heavy atom. The summed E-state index contributed by atoms with van der Waals surface area (Å²) in [5.41, 5.74) is 5.01. The van der Waals surface area contributed by atoms with Gasteiger partial charge in [-0.15, -0.1) is 0 Å². The van der Waals surface area contributed by atoms with E-state index in [-0.39, 0.29) is 17.7 Å². The van der Waals surface area contributed by atoms with E-state index in [4.69, 9.17) is 21.1 Å². The van der Waals surface area contributed by atoms with Gasteiger partial charge in [0.15, 0.2) is 14.6 Å². The molecule has 8 nitrogen and oxygen atoms in total. The molecule has 0 saturated carbocycles. The predicted octanol–water partition coefficient (Wildman–Crippen LogP) is 4.78. The summed E-state index contributed by atoms with van der Waals surface area (Å²) in [5.74, 6) is -0.358. The molecule has 0 bridgehead atoms. The largest absolute Gasteiger partial charge is 0.494 e. The summed E-state index contributed by atoms with van der Waals surface area (Å²) >= 11 is 6.00. The fraction of sp³-hybridized carbons (Fsp3) is 0.367. The van der Waals surface area contributed by atoms with Gasteiger partial charge in [-0.05, 0) is 78.8 Å². The fourth-order valence-electron chi connectivity index (χ4n) is 5.03. The predicted molar refractivity (Wildman–Crippen MR) is 155 cm³/mol. The highest BCUT2D eigenvalue weighted by atomic mass is 35.5. The highest BCUT2D eigenvalue weighted by Crippen LogP contribution is 2.36. The van der Waals surface area contributed by atoms with Gasteiger partial charge in [-0.3, -0.25) is 10.0 Å². The Morgan fingerprint density at radius 3 is 2.35 bits per heavy atom. The molecule has 3 aromatic carbocycles. The first-order chi connectivity index (χ1) is 19.3. The van der Waals surface area contributed by atoms with Crippen molar-refractivity contribution in [2.24, 2.45) is 0 Å². The van der Waals surface area contributed by atoms with E-state index in [1.54, 1.807) is 24.7 Å². The number of rotatable bonds is 12. The molecule has 2 N–H and O–H groups in total. The van der Waals surface area contributed by atoms with Gasteiger partial charge in [-0.2, -0.15) is 0 Å². The number of likely N-dealkylation sites (tertiary alicyclic amines) is 1. The molecule has 1 aliphatic rings. The van der Waals surface area contributed by atoms with Crippen LogP contribution >= 0.6 is 11.6 Å². The first kappa shape index (κ1) is 30.0. The highest BCUT2D eigenvalue weighted by Gasteiger charge is 2.52. The van der Waals surface area contributed by atoms with Gasteiger partial charge >= 0.3 is 0 Å². The molecule has 0 spiro atoms. The lowest BCUT2D eigenvalue weighted by molar-refractivity contribution is -0.133. The third kappa shape index (κ3) is 6.85. The number of benzene rings is 3. The number of carbonyl (C=O) groups excluding carboxylic acids is 1. The number of hydroxylamine groups is 1. The zero-order valence-electron chi connectivity index (χ0n) is 22.5. The summed E-state index contributed by atoms with van der Waals surface area (Å²) in [5, 5.41) is 10.1. The van der Waals surface area contributed by atoms with Gasteiger partial charge in [0.1, 0.15) is 5.75 Å². The molecule has 0 aliphatic carbocycles. The summed E-state index contributed by atoms with van der Waals surface area (Å²) in [6, 6.07) is 22.2. The average molecular weight is 587 g/mol. The molecule has 0 radical (unpaired) electrons. The molecular weight excluding hydrogens is 552 g/mol. The minimum atomic E-state index is -4.08. The van der Waals surface area contributed by atoms with Gasteiger partial charge in [-0.25, -0.2) is 13.9 Å². The summed E-state index contributed by atoms with van der Waals surface area (Å²) in [4.78, 5) is 14.8. The number of ether oxygens (including phenoxy) is 2. The molecule has 1 amide bonds. The van der Waals surface area contributed by atoms with E-state index >= 15 is 0 Å². The van der Waals surface area contributed by atoms with Gasteiger partial charge in [0, 0.05) is 31.8 Å². The van der Waals surface area contributed by atoms with Crippen LogP contribution in [0.1, 0.15) is 24.8 Å². The summed E-state index contributed by atoms with van der Waals surface area (Å²) in [6.07, 6.45) is 1.75. The maximum absolute atomic E-state index is 13.6. The number of piperidine rings is 1. The Labute approximate surface area is 240 Å². The molecule has 0 atom stereocenters. The van der Waals surface area contributed by atoms with Crippen molar-refractivity contribution in [2.75, 3.05) is 40.0 Å². The molecule has 3 aromatic rings. The lowest BCUT2D eigenvalue weighted by atomic mass is 9.95. The number of nitrogens with zero attached hydrogens (tertiary/aromatic N) is 1. The number of methoxy groups -OCH3 is 1. The number of nitrogens with one attached hydrogen (secondary N) is 1. The second-order valence-electron chi connectivity index (χ2n) is 9.90. The normalized spacial score (nSPS) is 15.5. The van der Waals surface area contributed by atoms with Crippen molar-refractivity contribution >= 4 is 27.3 Å². The minimum Gasteiger partial charge on any atom is -0.494 e. The highest BCUT2D eigenvalue weighted by molar-refractivity contribution is 7.93. The number of hydrogen-bond acceptors (Lipinski definition) is 7. The first-order valence-corrected chi connectivity index (χ1v) is 15.1. The van der Waals surface area contributed by atoms with Gasteiger partial charge in [0.05, 0.1) is 18.1 Å². The van der Waals surface area contributed by atoms with Crippen LogP contribution in [0, 0.1) is 0 Å². The molecule has 1 fully saturated rings. The van der Waals surface area contributed by atoms with E-state index in [1.807, 2.05) is 35.2 Å². The zero-order chi connectivity index (χ0) is 28.6. The molecule has 0 unspecified atom stereocenters. The van der Waals surface area contributed by atoms with E-state index in [1.165, 1.54) is 17.7 Å². The number of halogens is 1. The number of amides is 1. The van der Waals surface area contributed by atoms with Crippen molar-refractivity contribution in [1.82, 2.24) is 10.4 Å². The number of aryl methyl sites for hydroxylation is 1. The maximum atomic E-state index is 13.6. The topological polar surface area (TPSA) is 105 Å². The van der Waals surface area contributed by atoms with Crippen LogP contribution in [0.4, 0.5) is 0 Å². The van der Waals surface area contributed by atoms with Gasteiger partial charge in [0.25, 0.3) is 5.91 Å². The Bertz CT molecular complexity index is 1370. The first-order valence-electron chi connectivity index (χ1n) is 13.3. The molecule has 40 heavy (non-hydrogen) atoms. The van der Waals surface area contributed by atoms with Crippen LogP contribution in [0.25, 0.3) is 11.1 Å². The number of hydrogen-bond donors (Lipinski definition) is 2. The summed E-state index contributed by atoms with van der Waals surface area (Å²) in [7, 11) is -2.47. The lowest BCUT2D eigenvalue weighted by Gasteiger charge is -2.39. The monoisotopic (exact) mass is 586 g/mol. The van der Waals surface area contributed by atoms with Gasteiger partial charge < -0.3 is 14.4 Å². The van der Waals surface area contributed by atoms with Crippen molar-refractivity contribution in [2.45, 2.75) is 35.3 Å². The van der Waals surface area contributed by atoms with Gasteiger partial charge in [0.2, 0.25) is 0 Å². The number of sulfone groups is 1. The van der Waals surface area contributed by atoms with E-state index in [0.717, 1.165) is 24.0 Å². The van der Waals surface area contributed by atoms with Crippen LogP contribution in [-0.2, 0) is 25.8 Å². The SMILES string of the molecule is COCCN1CCC(C(=O)NO)(S(=O)(=O)c2ccc(OCCCc3cccc(-c4ccc(Cl)cc4)c3)cc2)CC1. The van der Waals surface area contributed by atoms with E-state index in [0.29, 0.717) is 43.6 Å². The van der Waals surface area contributed by atoms with E-state index in [9.17, 15) is 18.4 Å². The third-order valence-corrected chi connectivity index (χ3v) is 10.2. The van der Waals surface area contributed by atoms with Crippen molar-refractivity contribution in [1.29, 1.82) is 0 Å². The minimum absolute atomic E-state index is 0.0211. The summed E-state index contributed by atoms with van der Waals surface area (Å²) in [6.45, 7) is 2.43. The molecule has 10 heteroatoms. The maximum Gasteiger partial charge on any atom is 0.265 e. The molecule has 4 rings (SSSR count). The Hall–Kier alpha value is -2.95.